The van der Waals surface area contributed by atoms with E-state index in [1.165, 1.54) is 19.3 Å². The molecule has 1 aliphatic rings. The van der Waals surface area contributed by atoms with Crippen molar-refractivity contribution in [1.82, 2.24) is 0 Å². The van der Waals surface area contributed by atoms with Gasteiger partial charge in [-0.05, 0) is 56.5 Å². The maximum Gasteiger partial charge on any atom is 0.259 e. The number of rotatable bonds is 4. The van der Waals surface area contributed by atoms with Gasteiger partial charge < -0.3 is 20.7 Å². The van der Waals surface area contributed by atoms with Crippen LogP contribution in [0.25, 0.3) is 0 Å². The predicted molar refractivity (Wildman–Crippen MR) is 102 cm³/mol. The van der Waals surface area contributed by atoms with Gasteiger partial charge in [-0.2, -0.15) is 0 Å². The van der Waals surface area contributed by atoms with Crippen molar-refractivity contribution in [2.45, 2.75) is 32.2 Å². The molecule has 5 nitrogen and oxygen atoms in total. The summed E-state index contributed by atoms with van der Waals surface area (Å²) < 4.78 is 5.25. The molecule has 25 heavy (non-hydrogen) atoms. The molecule has 5 heteroatoms. The number of amides is 1. The predicted octanol–water partition coefficient (Wildman–Crippen LogP) is 3.91. The first-order chi connectivity index (χ1) is 12.1. The Morgan fingerprint density at radius 2 is 2.04 bits per heavy atom. The van der Waals surface area contributed by atoms with Gasteiger partial charge in [0.25, 0.3) is 5.91 Å². The molecule has 1 atom stereocenters. The van der Waals surface area contributed by atoms with E-state index in [1.807, 2.05) is 30.3 Å². The van der Waals surface area contributed by atoms with Crippen LogP contribution in [0.2, 0.25) is 0 Å². The molecule has 3 rings (SSSR count). The van der Waals surface area contributed by atoms with Gasteiger partial charge >= 0.3 is 0 Å². The van der Waals surface area contributed by atoms with Crippen LogP contribution >= 0.6 is 0 Å². The summed E-state index contributed by atoms with van der Waals surface area (Å²) in [4.78, 5) is 14.9. The van der Waals surface area contributed by atoms with Crippen LogP contribution in [0.3, 0.4) is 0 Å². The SMILES string of the molecule is COc1ccccc1C(=O)Nc1ccc(N2CCCC[C@@H]2C)c(N)c1. The Balaban J connectivity index is 1.78. The lowest BCUT2D eigenvalue weighted by Crippen LogP contribution is -2.37. The van der Waals surface area contributed by atoms with E-state index in [0.717, 1.165) is 12.2 Å². The van der Waals surface area contributed by atoms with Crippen LogP contribution in [-0.4, -0.2) is 25.6 Å². The number of nitrogens with zero attached hydrogens (tertiary/aromatic N) is 1. The Labute approximate surface area is 148 Å². The number of benzene rings is 2. The van der Waals surface area contributed by atoms with E-state index in [9.17, 15) is 4.79 Å². The van der Waals surface area contributed by atoms with Gasteiger partial charge in [0.1, 0.15) is 5.75 Å². The Morgan fingerprint density at radius 1 is 1.24 bits per heavy atom. The van der Waals surface area contributed by atoms with E-state index in [-0.39, 0.29) is 5.91 Å². The highest BCUT2D eigenvalue weighted by Crippen LogP contribution is 2.32. The third kappa shape index (κ3) is 3.71. The lowest BCUT2D eigenvalue weighted by Gasteiger charge is -2.36. The third-order valence-corrected chi connectivity index (χ3v) is 4.75. The largest absolute Gasteiger partial charge is 0.496 e. The second kappa shape index (κ2) is 7.47. The number of para-hydroxylation sites is 1. The first kappa shape index (κ1) is 17.1. The number of ether oxygens (including phenoxy) is 1. The molecule has 2 aromatic carbocycles. The molecular formula is C20H25N3O2. The van der Waals surface area contributed by atoms with Crippen molar-refractivity contribution < 1.29 is 9.53 Å². The lowest BCUT2D eigenvalue weighted by molar-refractivity contribution is 0.102. The van der Waals surface area contributed by atoms with Crippen molar-refractivity contribution in [2.75, 3.05) is 29.6 Å². The fourth-order valence-electron chi connectivity index (χ4n) is 3.38. The van der Waals surface area contributed by atoms with Gasteiger partial charge in [-0.1, -0.05) is 12.1 Å². The number of carbonyl (C=O) groups is 1. The zero-order valence-corrected chi connectivity index (χ0v) is 14.8. The van der Waals surface area contributed by atoms with Gasteiger partial charge in [-0.3, -0.25) is 4.79 Å². The second-order valence-electron chi connectivity index (χ2n) is 6.47. The first-order valence-electron chi connectivity index (χ1n) is 8.70. The molecule has 1 fully saturated rings. The van der Waals surface area contributed by atoms with Gasteiger partial charge in [-0.15, -0.1) is 0 Å². The monoisotopic (exact) mass is 339 g/mol. The molecule has 0 aliphatic carbocycles. The molecule has 0 radical (unpaired) electrons. The zero-order valence-electron chi connectivity index (χ0n) is 14.8. The van der Waals surface area contributed by atoms with Crippen molar-refractivity contribution in [3.63, 3.8) is 0 Å². The maximum atomic E-state index is 12.5. The molecule has 0 spiro atoms. The highest BCUT2D eigenvalue weighted by Gasteiger charge is 2.20. The zero-order chi connectivity index (χ0) is 17.8. The van der Waals surface area contributed by atoms with E-state index >= 15 is 0 Å². The van der Waals surface area contributed by atoms with Gasteiger partial charge in [-0.25, -0.2) is 0 Å². The average molecular weight is 339 g/mol. The Kier molecular flexibility index (Phi) is 5.12. The minimum absolute atomic E-state index is 0.212. The van der Waals surface area contributed by atoms with Gasteiger partial charge in [0, 0.05) is 18.3 Å². The van der Waals surface area contributed by atoms with E-state index in [2.05, 4.69) is 17.1 Å². The number of nitrogens with one attached hydrogen (secondary N) is 1. The van der Waals surface area contributed by atoms with Crippen molar-refractivity contribution in [3.05, 3.63) is 48.0 Å². The molecule has 132 valence electrons. The topological polar surface area (TPSA) is 67.6 Å². The summed E-state index contributed by atoms with van der Waals surface area (Å²) in [5, 5.41) is 2.90. The highest BCUT2D eigenvalue weighted by molar-refractivity contribution is 6.06. The highest BCUT2D eigenvalue weighted by atomic mass is 16.5. The quantitative estimate of drug-likeness (QED) is 0.829. The summed E-state index contributed by atoms with van der Waals surface area (Å²) in [6, 6.07) is 13.4. The Hall–Kier alpha value is -2.69. The van der Waals surface area contributed by atoms with Crippen molar-refractivity contribution >= 4 is 23.0 Å². The van der Waals surface area contributed by atoms with Crippen molar-refractivity contribution in [1.29, 1.82) is 0 Å². The molecule has 2 aromatic rings. The summed E-state index contributed by atoms with van der Waals surface area (Å²) in [5.74, 6) is 0.336. The van der Waals surface area contributed by atoms with Crippen LogP contribution < -0.4 is 20.7 Å². The summed E-state index contributed by atoms with van der Waals surface area (Å²) in [6.07, 6.45) is 3.65. The van der Waals surface area contributed by atoms with E-state index < -0.39 is 0 Å². The second-order valence-corrected chi connectivity index (χ2v) is 6.47. The van der Waals surface area contributed by atoms with Crippen molar-refractivity contribution in [2.24, 2.45) is 0 Å². The maximum absolute atomic E-state index is 12.5. The average Bonchev–Trinajstić information content (AvgIpc) is 2.62. The first-order valence-corrected chi connectivity index (χ1v) is 8.70. The number of anilines is 3. The number of carbonyl (C=O) groups excluding carboxylic acids is 1. The van der Waals surface area contributed by atoms with Crippen LogP contribution in [0.15, 0.2) is 42.5 Å². The molecule has 1 aliphatic heterocycles. The smallest absolute Gasteiger partial charge is 0.259 e. The third-order valence-electron chi connectivity index (χ3n) is 4.75. The van der Waals surface area contributed by atoms with Crippen LogP contribution in [-0.2, 0) is 0 Å². The van der Waals surface area contributed by atoms with Crippen LogP contribution in [0.1, 0.15) is 36.5 Å². The minimum Gasteiger partial charge on any atom is -0.496 e. The Morgan fingerprint density at radius 3 is 2.76 bits per heavy atom. The normalized spacial score (nSPS) is 17.2. The van der Waals surface area contributed by atoms with Crippen LogP contribution in [0.4, 0.5) is 17.1 Å². The number of hydrogen-bond donors (Lipinski definition) is 2. The van der Waals surface area contributed by atoms with Gasteiger partial charge in [0.2, 0.25) is 0 Å². The molecule has 0 saturated carbocycles. The number of methoxy groups -OCH3 is 1. The summed E-state index contributed by atoms with van der Waals surface area (Å²) in [6.45, 7) is 3.26. The van der Waals surface area contributed by atoms with E-state index in [4.69, 9.17) is 10.5 Å². The van der Waals surface area contributed by atoms with E-state index in [1.54, 1.807) is 19.2 Å². The lowest BCUT2D eigenvalue weighted by atomic mass is 10.0. The Bertz CT molecular complexity index is 760. The molecule has 0 unspecified atom stereocenters. The number of piperidine rings is 1. The number of hydrogen-bond acceptors (Lipinski definition) is 4. The number of nitrogens with two attached hydrogens (primary N) is 1. The van der Waals surface area contributed by atoms with Crippen molar-refractivity contribution in [3.8, 4) is 5.75 Å². The minimum atomic E-state index is -0.212. The summed E-state index contributed by atoms with van der Waals surface area (Å²) in [7, 11) is 1.55. The molecular weight excluding hydrogens is 314 g/mol. The fraction of sp³-hybridized carbons (Fsp3) is 0.350. The fourth-order valence-corrected chi connectivity index (χ4v) is 3.38. The summed E-state index contributed by atoms with van der Waals surface area (Å²) >= 11 is 0. The number of nitrogen functional groups attached to an aromatic ring is 1. The molecule has 1 heterocycles. The van der Waals surface area contributed by atoms with Crippen LogP contribution in [0.5, 0.6) is 5.75 Å². The molecule has 1 amide bonds. The molecule has 0 aromatic heterocycles. The summed E-state index contributed by atoms with van der Waals surface area (Å²) in [5.41, 5.74) is 9.18. The van der Waals surface area contributed by atoms with E-state index in [0.29, 0.717) is 28.7 Å². The molecule has 0 bridgehead atoms. The molecule has 1 saturated heterocycles. The standard InChI is InChI=1S/C20H25N3O2/c1-14-7-5-6-12-23(14)18-11-10-15(13-17(18)21)22-20(24)16-8-3-4-9-19(16)25-2/h3-4,8-11,13-14H,5-7,12,21H2,1-2H3,(H,22,24)/t14-/m0/s1. The van der Waals surface area contributed by atoms with Crippen LogP contribution in [0, 0.1) is 0 Å². The van der Waals surface area contributed by atoms with Gasteiger partial charge in [0.05, 0.1) is 24.0 Å². The molecule has 3 N–H and O–H groups in total. The van der Waals surface area contributed by atoms with Gasteiger partial charge in [0.15, 0.2) is 0 Å².